The number of carbonyl (C=O) groups excluding carboxylic acids is 2. The van der Waals surface area contributed by atoms with Gasteiger partial charge in [-0.05, 0) is 38.5 Å². The van der Waals surface area contributed by atoms with Crippen LogP contribution in [-0.2, 0) is 16.1 Å². The van der Waals surface area contributed by atoms with E-state index in [1.807, 2.05) is 6.07 Å². The Morgan fingerprint density at radius 1 is 1.29 bits per heavy atom. The standard InChI is InChI=1S/C16H18F3N3O2/c1-4-22(14(24)16(17,18)19)9-11-6-5-7-12(8-11)21-13(23)15(2,3)10-20/h5-8H,4,9H2,1-3H3,(H,21,23). The fraction of sp³-hybridized carbons (Fsp3) is 0.438. The molecule has 0 bridgehead atoms. The van der Waals surface area contributed by atoms with Gasteiger partial charge in [-0.3, -0.25) is 9.59 Å². The molecule has 8 heteroatoms. The van der Waals surface area contributed by atoms with Gasteiger partial charge in [0.1, 0.15) is 5.41 Å². The third-order valence-corrected chi connectivity index (χ3v) is 3.32. The second-order valence-corrected chi connectivity index (χ2v) is 5.71. The van der Waals surface area contributed by atoms with Crippen molar-refractivity contribution in [3.8, 4) is 6.07 Å². The number of nitrogens with zero attached hydrogens (tertiary/aromatic N) is 2. The lowest BCUT2D eigenvalue weighted by Crippen LogP contribution is -2.40. The molecular weight excluding hydrogens is 323 g/mol. The van der Waals surface area contributed by atoms with Crippen molar-refractivity contribution >= 4 is 17.5 Å². The van der Waals surface area contributed by atoms with Crippen LogP contribution in [0.1, 0.15) is 26.3 Å². The zero-order valence-electron chi connectivity index (χ0n) is 13.6. The number of amides is 2. The van der Waals surface area contributed by atoms with Gasteiger partial charge in [-0.1, -0.05) is 12.1 Å². The summed E-state index contributed by atoms with van der Waals surface area (Å²) in [4.78, 5) is 23.9. The second kappa shape index (κ2) is 7.34. The highest BCUT2D eigenvalue weighted by Gasteiger charge is 2.41. The average Bonchev–Trinajstić information content (AvgIpc) is 2.51. The van der Waals surface area contributed by atoms with Crippen molar-refractivity contribution in [3.05, 3.63) is 29.8 Å². The van der Waals surface area contributed by atoms with Crippen molar-refractivity contribution in [3.63, 3.8) is 0 Å². The zero-order chi connectivity index (χ0) is 18.5. The van der Waals surface area contributed by atoms with Gasteiger partial charge in [0.15, 0.2) is 0 Å². The molecule has 0 spiro atoms. The molecule has 0 aliphatic carbocycles. The van der Waals surface area contributed by atoms with Crippen LogP contribution in [0, 0.1) is 16.7 Å². The predicted octanol–water partition coefficient (Wildman–Crippen LogP) is 3.09. The number of alkyl halides is 3. The van der Waals surface area contributed by atoms with E-state index in [-0.39, 0.29) is 13.1 Å². The maximum Gasteiger partial charge on any atom is 0.471 e. The minimum atomic E-state index is -4.93. The van der Waals surface area contributed by atoms with Gasteiger partial charge < -0.3 is 10.2 Å². The molecule has 0 aliphatic rings. The molecular formula is C16H18F3N3O2. The molecule has 1 N–H and O–H groups in total. The van der Waals surface area contributed by atoms with Gasteiger partial charge in [0.25, 0.3) is 0 Å². The quantitative estimate of drug-likeness (QED) is 0.894. The summed E-state index contributed by atoms with van der Waals surface area (Å²) in [6, 6.07) is 7.99. The smallest absolute Gasteiger partial charge is 0.331 e. The Bertz CT molecular complexity index is 663. The zero-order valence-corrected chi connectivity index (χ0v) is 13.6. The highest BCUT2D eigenvalue weighted by atomic mass is 19.4. The van der Waals surface area contributed by atoms with Crippen LogP contribution in [0.25, 0.3) is 0 Å². The highest BCUT2D eigenvalue weighted by molar-refractivity contribution is 5.96. The molecule has 130 valence electrons. The Labute approximate surface area is 138 Å². The van der Waals surface area contributed by atoms with Crippen LogP contribution in [0.2, 0.25) is 0 Å². The van der Waals surface area contributed by atoms with E-state index < -0.39 is 23.4 Å². The lowest BCUT2D eigenvalue weighted by atomic mass is 9.94. The van der Waals surface area contributed by atoms with Crippen LogP contribution < -0.4 is 5.32 Å². The fourth-order valence-electron chi connectivity index (χ4n) is 1.81. The SMILES string of the molecule is CCN(Cc1cccc(NC(=O)C(C)(C)C#N)c1)C(=O)C(F)(F)F. The lowest BCUT2D eigenvalue weighted by molar-refractivity contribution is -0.185. The Balaban J connectivity index is 2.91. The second-order valence-electron chi connectivity index (χ2n) is 5.71. The van der Waals surface area contributed by atoms with Crippen LogP contribution in [0.3, 0.4) is 0 Å². The van der Waals surface area contributed by atoms with E-state index in [4.69, 9.17) is 5.26 Å². The van der Waals surface area contributed by atoms with Gasteiger partial charge in [-0.25, -0.2) is 0 Å². The molecule has 2 amide bonds. The van der Waals surface area contributed by atoms with Gasteiger partial charge in [-0.15, -0.1) is 0 Å². The summed E-state index contributed by atoms with van der Waals surface area (Å²) >= 11 is 0. The van der Waals surface area contributed by atoms with Crippen LogP contribution >= 0.6 is 0 Å². The number of rotatable bonds is 5. The predicted molar refractivity (Wildman–Crippen MR) is 81.6 cm³/mol. The first-order chi connectivity index (χ1) is 11.0. The van der Waals surface area contributed by atoms with E-state index in [1.165, 1.54) is 26.8 Å². The summed E-state index contributed by atoms with van der Waals surface area (Å²) in [6.45, 7) is 4.02. The Kier molecular flexibility index (Phi) is 5.96. The van der Waals surface area contributed by atoms with Gasteiger partial charge >= 0.3 is 12.1 Å². The number of carbonyl (C=O) groups is 2. The van der Waals surface area contributed by atoms with E-state index in [2.05, 4.69) is 5.32 Å². The maximum absolute atomic E-state index is 12.5. The van der Waals surface area contributed by atoms with Gasteiger partial charge in [0.05, 0.1) is 6.07 Å². The van der Waals surface area contributed by atoms with Gasteiger partial charge in [-0.2, -0.15) is 18.4 Å². The third kappa shape index (κ3) is 4.98. The normalized spacial score (nSPS) is 11.5. The van der Waals surface area contributed by atoms with Crippen molar-refractivity contribution in [1.29, 1.82) is 5.26 Å². The summed E-state index contributed by atoms with van der Waals surface area (Å²) in [7, 11) is 0. The molecule has 0 fully saturated rings. The van der Waals surface area contributed by atoms with Gasteiger partial charge in [0.2, 0.25) is 5.91 Å². The minimum absolute atomic E-state index is 0.101. The molecule has 0 aromatic heterocycles. The fourth-order valence-corrected chi connectivity index (χ4v) is 1.81. The van der Waals surface area contributed by atoms with Crippen molar-refractivity contribution in [2.75, 3.05) is 11.9 Å². The van der Waals surface area contributed by atoms with E-state index >= 15 is 0 Å². The molecule has 0 aliphatic heterocycles. The topological polar surface area (TPSA) is 73.2 Å². The Morgan fingerprint density at radius 3 is 2.42 bits per heavy atom. The first-order valence-electron chi connectivity index (χ1n) is 7.19. The Morgan fingerprint density at radius 2 is 1.92 bits per heavy atom. The summed E-state index contributed by atoms with van der Waals surface area (Å²) in [5.41, 5.74) is -0.462. The third-order valence-electron chi connectivity index (χ3n) is 3.32. The number of hydrogen-bond donors (Lipinski definition) is 1. The van der Waals surface area contributed by atoms with Crippen molar-refractivity contribution in [2.45, 2.75) is 33.5 Å². The van der Waals surface area contributed by atoms with Crippen molar-refractivity contribution in [2.24, 2.45) is 5.41 Å². The molecule has 5 nitrogen and oxygen atoms in total. The molecule has 0 unspecified atom stereocenters. The van der Waals surface area contributed by atoms with E-state index in [0.29, 0.717) is 16.2 Å². The van der Waals surface area contributed by atoms with Crippen LogP contribution in [0.5, 0.6) is 0 Å². The molecule has 0 heterocycles. The largest absolute Gasteiger partial charge is 0.471 e. The van der Waals surface area contributed by atoms with E-state index in [1.54, 1.807) is 18.2 Å². The lowest BCUT2D eigenvalue weighted by Gasteiger charge is -2.22. The molecule has 1 aromatic carbocycles. The van der Waals surface area contributed by atoms with Gasteiger partial charge in [0, 0.05) is 18.8 Å². The number of benzene rings is 1. The maximum atomic E-state index is 12.5. The average molecular weight is 341 g/mol. The first kappa shape index (κ1) is 19.5. The summed E-state index contributed by atoms with van der Waals surface area (Å²) < 4.78 is 37.6. The number of nitriles is 1. The molecule has 1 rings (SSSR count). The van der Waals surface area contributed by atoms with E-state index in [9.17, 15) is 22.8 Å². The highest BCUT2D eigenvalue weighted by Crippen LogP contribution is 2.22. The molecule has 0 atom stereocenters. The summed E-state index contributed by atoms with van der Waals surface area (Å²) in [5, 5.41) is 11.5. The van der Waals surface area contributed by atoms with Crippen LogP contribution in [-0.4, -0.2) is 29.4 Å². The number of nitrogens with one attached hydrogen (secondary N) is 1. The summed E-state index contributed by atoms with van der Waals surface area (Å²) in [5.74, 6) is -2.44. The molecule has 24 heavy (non-hydrogen) atoms. The molecule has 1 aromatic rings. The van der Waals surface area contributed by atoms with Crippen molar-refractivity contribution in [1.82, 2.24) is 4.90 Å². The first-order valence-corrected chi connectivity index (χ1v) is 7.19. The molecule has 0 radical (unpaired) electrons. The van der Waals surface area contributed by atoms with Crippen LogP contribution in [0.15, 0.2) is 24.3 Å². The minimum Gasteiger partial charge on any atom is -0.331 e. The monoisotopic (exact) mass is 341 g/mol. The van der Waals surface area contributed by atoms with Crippen molar-refractivity contribution < 1.29 is 22.8 Å². The van der Waals surface area contributed by atoms with E-state index in [0.717, 1.165) is 0 Å². The number of hydrogen-bond acceptors (Lipinski definition) is 3. The Hall–Kier alpha value is -2.56. The summed E-state index contributed by atoms with van der Waals surface area (Å²) in [6.07, 6.45) is -4.93. The molecule has 0 saturated heterocycles. The molecule has 0 saturated carbocycles. The van der Waals surface area contributed by atoms with Crippen LogP contribution in [0.4, 0.5) is 18.9 Å². The number of anilines is 1. The number of halogens is 3.